The van der Waals surface area contributed by atoms with Crippen LogP contribution >= 0.6 is 0 Å². The monoisotopic (exact) mass is 343 g/mol. The van der Waals surface area contributed by atoms with Crippen molar-refractivity contribution in [3.63, 3.8) is 0 Å². The van der Waals surface area contributed by atoms with E-state index < -0.39 is 0 Å². The average molecular weight is 343 g/mol. The predicted molar refractivity (Wildman–Crippen MR) is 91.9 cm³/mol. The minimum atomic E-state index is -0.0447. The summed E-state index contributed by atoms with van der Waals surface area (Å²) in [6.45, 7) is 4.12. The molecular weight excluding hydrogens is 318 g/mol. The first-order chi connectivity index (χ1) is 12.3. The Balaban J connectivity index is 1.37. The van der Waals surface area contributed by atoms with Gasteiger partial charge >= 0.3 is 0 Å². The highest BCUT2D eigenvalue weighted by Gasteiger charge is 2.23. The standard InChI is InChI=1S/C17H25N7O/c25-17(22-7-3-8-23-13-18-10-15(23)11-22)16-12-24(21-20-16)9-5-14-4-1-2-6-19-14/h10,12-14,19H,1-9,11H2/t14-/m1/s1. The zero-order valence-corrected chi connectivity index (χ0v) is 14.5. The molecule has 1 N–H and O–H groups in total. The summed E-state index contributed by atoms with van der Waals surface area (Å²) in [7, 11) is 0. The molecule has 2 aromatic rings. The van der Waals surface area contributed by atoms with Crippen molar-refractivity contribution in [2.24, 2.45) is 0 Å². The SMILES string of the molecule is O=C(c1cn(CC[C@H]2CCCCN2)nn1)N1CCCn2cncc2C1. The molecule has 4 rings (SSSR count). The van der Waals surface area contributed by atoms with Gasteiger partial charge in [-0.05, 0) is 32.2 Å². The summed E-state index contributed by atoms with van der Waals surface area (Å²) in [5.41, 5.74) is 1.51. The highest BCUT2D eigenvalue weighted by atomic mass is 16.2. The van der Waals surface area contributed by atoms with E-state index in [4.69, 9.17) is 0 Å². The molecule has 1 amide bonds. The van der Waals surface area contributed by atoms with Crippen molar-refractivity contribution < 1.29 is 4.79 Å². The number of aryl methyl sites for hydroxylation is 2. The fourth-order valence-electron chi connectivity index (χ4n) is 3.69. The maximum Gasteiger partial charge on any atom is 0.276 e. The second-order valence-corrected chi connectivity index (χ2v) is 6.96. The number of amides is 1. The maximum absolute atomic E-state index is 12.8. The van der Waals surface area contributed by atoms with Gasteiger partial charge in [0.05, 0.1) is 24.8 Å². The Morgan fingerprint density at radius 2 is 2.24 bits per heavy atom. The number of imidazole rings is 1. The largest absolute Gasteiger partial charge is 0.333 e. The van der Waals surface area contributed by atoms with Gasteiger partial charge in [-0.3, -0.25) is 9.48 Å². The summed E-state index contributed by atoms with van der Waals surface area (Å²) >= 11 is 0. The number of carbonyl (C=O) groups is 1. The lowest BCUT2D eigenvalue weighted by Gasteiger charge is -2.23. The number of hydrogen-bond acceptors (Lipinski definition) is 5. The van der Waals surface area contributed by atoms with Gasteiger partial charge in [0.1, 0.15) is 0 Å². The Morgan fingerprint density at radius 3 is 3.12 bits per heavy atom. The van der Waals surface area contributed by atoms with E-state index in [2.05, 4.69) is 25.2 Å². The highest BCUT2D eigenvalue weighted by molar-refractivity contribution is 5.91. The Morgan fingerprint density at radius 1 is 1.28 bits per heavy atom. The quantitative estimate of drug-likeness (QED) is 0.897. The fourth-order valence-corrected chi connectivity index (χ4v) is 3.69. The maximum atomic E-state index is 12.8. The Hall–Kier alpha value is -2.22. The summed E-state index contributed by atoms with van der Waals surface area (Å²) < 4.78 is 3.91. The van der Waals surface area contributed by atoms with Crippen molar-refractivity contribution in [3.05, 3.63) is 30.1 Å². The Labute approximate surface area is 147 Å². The van der Waals surface area contributed by atoms with Gasteiger partial charge in [0, 0.05) is 31.9 Å². The van der Waals surface area contributed by atoms with Crippen LogP contribution in [-0.2, 0) is 19.6 Å². The van der Waals surface area contributed by atoms with Crippen molar-refractivity contribution in [2.75, 3.05) is 13.1 Å². The molecule has 1 fully saturated rings. The summed E-state index contributed by atoms with van der Waals surface area (Å²) in [4.78, 5) is 18.8. The molecule has 1 atom stereocenters. The lowest BCUT2D eigenvalue weighted by atomic mass is 10.0. The van der Waals surface area contributed by atoms with Crippen LogP contribution in [-0.4, -0.2) is 54.5 Å². The molecule has 0 saturated carbocycles. The molecule has 0 unspecified atom stereocenters. The number of rotatable bonds is 4. The number of nitrogens with zero attached hydrogens (tertiary/aromatic N) is 6. The Kier molecular flexibility index (Phi) is 4.78. The molecule has 2 aliphatic heterocycles. The number of carbonyl (C=O) groups excluding carboxylic acids is 1. The summed E-state index contributed by atoms with van der Waals surface area (Å²) in [6.07, 6.45) is 11.2. The van der Waals surface area contributed by atoms with E-state index in [-0.39, 0.29) is 5.91 Å². The third-order valence-corrected chi connectivity index (χ3v) is 5.14. The van der Waals surface area contributed by atoms with Gasteiger partial charge in [-0.25, -0.2) is 4.98 Å². The van der Waals surface area contributed by atoms with E-state index in [1.54, 1.807) is 10.9 Å². The second-order valence-electron chi connectivity index (χ2n) is 6.96. The van der Waals surface area contributed by atoms with Crippen molar-refractivity contribution >= 4 is 5.91 Å². The first kappa shape index (κ1) is 16.3. The van der Waals surface area contributed by atoms with Gasteiger partial charge in [0.2, 0.25) is 0 Å². The molecule has 0 bridgehead atoms. The highest BCUT2D eigenvalue weighted by Crippen LogP contribution is 2.14. The predicted octanol–water partition coefficient (Wildman–Crippen LogP) is 1.05. The number of nitrogens with one attached hydrogen (secondary N) is 1. The van der Waals surface area contributed by atoms with Gasteiger partial charge in [-0.15, -0.1) is 5.10 Å². The van der Waals surface area contributed by atoms with Crippen LogP contribution < -0.4 is 5.32 Å². The van der Waals surface area contributed by atoms with Crippen LogP contribution in [0.3, 0.4) is 0 Å². The van der Waals surface area contributed by atoms with Crippen LogP contribution in [0.2, 0.25) is 0 Å². The van der Waals surface area contributed by atoms with Crippen molar-refractivity contribution in [1.29, 1.82) is 0 Å². The molecule has 1 saturated heterocycles. The van der Waals surface area contributed by atoms with Crippen LogP contribution in [0.1, 0.15) is 48.3 Å². The summed E-state index contributed by atoms with van der Waals surface area (Å²) in [5.74, 6) is -0.0447. The molecule has 2 aromatic heterocycles. The number of piperidine rings is 1. The number of fused-ring (bicyclic) bond motifs is 1. The molecule has 8 heteroatoms. The van der Waals surface area contributed by atoms with Crippen LogP contribution in [0.15, 0.2) is 18.7 Å². The fraction of sp³-hybridized carbons (Fsp3) is 0.647. The van der Waals surface area contributed by atoms with E-state index in [9.17, 15) is 4.79 Å². The van der Waals surface area contributed by atoms with Gasteiger partial charge in [0.25, 0.3) is 5.91 Å². The van der Waals surface area contributed by atoms with Crippen LogP contribution in [0, 0.1) is 0 Å². The van der Waals surface area contributed by atoms with Gasteiger partial charge in [-0.2, -0.15) is 0 Å². The molecule has 0 radical (unpaired) electrons. The van der Waals surface area contributed by atoms with Crippen molar-refractivity contribution in [2.45, 2.75) is 57.8 Å². The van der Waals surface area contributed by atoms with Crippen molar-refractivity contribution in [3.8, 4) is 0 Å². The smallest absolute Gasteiger partial charge is 0.276 e. The molecule has 25 heavy (non-hydrogen) atoms. The first-order valence-electron chi connectivity index (χ1n) is 9.21. The lowest BCUT2D eigenvalue weighted by Crippen LogP contribution is -2.34. The van der Waals surface area contributed by atoms with E-state index in [0.29, 0.717) is 18.3 Å². The molecule has 0 aliphatic carbocycles. The molecule has 0 aromatic carbocycles. The molecule has 2 aliphatic rings. The van der Waals surface area contributed by atoms with Gasteiger partial charge < -0.3 is 14.8 Å². The minimum absolute atomic E-state index is 0.0447. The zero-order valence-electron chi connectivity index (χ0n) is 14.5. The lowest BCUT2D eigenvalue weighted by molar-refractivity contribution is 0.0739. The van der Waals surface area contributed by atoms with Gasteiger partial charge in [-0.1, -0.05) is 11.6 Å². The number of hydrogen-bond donors (Lipinski definition) is 1. The summed E-state index contributed by atoms with van der Waals surface area (Å²) in [5, 5.41) is 11.8. The van der Waals surface area contributed by atoms with Crippen LogP contribution in [0.5, 0.6) is 0 Å². The first-order valence-corrected chi connectivity index (χ1v) is 9.21. The van der Waals surface area contributed by atoms with E-state index in [1.807, 2.05) is 17.4 Å². The van der Waals surface area contributed by atoms with E-state index >= 15 is 0 Å². The third kappa shape index (κ3) is 3.73. The average Bonchev–Trinajstić information content (AvgIpc) is 3.25. The van der Waals surface area contributed by atoms with Crippen LogP contribution in [0.4, 0.5) is 0 Å². The molecule has 0 spiro atoms. The van der Waals surface area contributed by atoms with Crippen LogP contribution in [0.25, 0.3) is 0 Å². The number of aromatic nitrogens is 5. The van der Waals surface area contributed by atoms with Crippen molar-refractivity contribution in [1.82, 2.24) is 34.8 Å². The molecular formula is C17H25N7O. The zero-order chi connectivity index (χ0) is 17.1. The van der Waals surface area contributed by atoms with E-state index in [0.717, 1.165) is 44.7 Å². The molecule has 4 heterocycles. The minimum Gasteiger partial charge on any atom is -0.333 e. The Bertz CT molecular complexity index is 716. The molecule has 134 valence electrons. The van der Waals surface area contributed by atoms with Gasteiger partial charge in [0.15, 0.2) is 5.69 Å². The molecule has 8 nitrogen and oxygen atoms in total. The second kappa shape index (κ2) is 7.35. The summed E-state index contributed by atoms with van der Waals surface area (Å²) in [6, 6.07) is 0.558. The topological polar surface area (TPSA) is 80.9 Å². The normalized spacial score (nSPS) is 21.0. The third-order valence-electron chi connectivity index (χ3n) is 5.14. The van der Waals surface area contributed by atoms with E-state index in [1.165, 1.54) is 19.3 Å².